The molecule has 0 spiro atoms. The number of ether oxygens (including phenoxy) is 1. The molecular formula is C14H17N3O2. The lowest BCUT2D eigenvalue weighted by atomic mass is 10.2. The van der Waals surface area contributed by atoms with Gasteiger partial charge in [0.1, 0.15) is 18.2 Å². The number of hydrogen-bond donors (Lipinski definition) is 2. The van der Waals surface area contributed by atoms with Gasteiger partial charge in [-0.2, -0.15) is 0 Å². The second kappa shape index (κ2) is 5.67. The Hall–Kier alpha value is -2.14. The van der Waals surface area contributed by atoms with E-state index in [-0.39, 0.29) is 18.2 Å². The minimum Gasteiger partial charge on any atom is -0.485 e. The van der Waals surface area contributed by atoms with Crippen LogP contribution in [0, 0.1) is 6.92 Å². The molecule has 100 valence electrons. The normalized spacial score (nSPS) is 12.2. The zero-order chi connectivity index (χ0) is 13.8. The highest BCUT2D eigenvalue weighted by atomic mass is 16.5. The fraction of sp³-hybridized carbons (Fsp3) is 0.286. The highest BCUT2D eigenvalue weighted by molar-refractivity contribution is 5.31. The summed E-state index contributed by atoms with van der Waals surface area (Å²) in [7, 11) is 0. The molecule has 1 aromatic carbocycles. The van der Waals surface area contributed by atoms with Crippen molar-refractivity contribution >= 4 is 0 Å². The first-order valence-electron chi connectivity index (χ1n) is 6.10. The molecule has 1 atom stereocenters. The minimum atomic E-state index is -0.278. The molecule has 0 bridgehead atoms. The number of rotatable bonds is 4. The van der Waals surface area contributed by atoms with Gasteiger partial charge in [0.25, 0.3) is 5.56 Å². The SMILES string of the molecule is Cc1ccccc1OCc1nc(C(C)N)cc(=O)[nH]1. The Morgan fingerprint density at radius 3 is 2.84 bits per heavy atom. The molecule has 0 saturated heterocycles. The first kappa shape index (κ1) is 13.3. The Morgan fingerprint density at radius 1 is 1.42 bits per heavy atom. The van der Waals surface area contributed by atoms with E-state index in [4.69, 9.17) is 10.5 Å². The van der Waals surface area contributed by atoms with Crippen LogP contribution >= 0.6 is 0 Å². The molecule has 0 radical (unpaired) electrons. The molecule has 0 saturated carbocycles. The monoisotopic (exact) mass is 259 g/mol. The molecule has 0 amide bonds. The van der Waals surface area contributed by atoms with Gasteiger partial charge in [-0.05, 0) is 25.5 Å². The van der Waals surface area contributed by atoms with Crippen molar-refractivity contribution < 1.29 is 4.74 Å². The number of nitrogens with one attached hydrogen (secondary N) is 1. The second-order valence-electron chi connectivity index (χ2n) is 4.46. The standard InChI is InChI=1S/C14H17N3O2/c1-9-5-3-4-6-12(9)19-8-13-16-11(10(2)15)7-14(18)17-13/h3-7,10H,8,15H2,1-2H3,(H,16,17,18). The van der Waals surface area contributed by atoms with E-state index in [9.17, 15) is 4.79 Å². The van der Waals surface area contributed by atoms with Crippen molar-refractivity contribution in [2.45, 2.75) is 26.5 Å². The Kier molecular flexibility index (Phi) is 3.97. The molecule has 5 nitrogen and oxygen atoms in total. The Morgan fingerprint density at radius 2 is 2.16 bits per heavy atom. The summed E-state index contributed by atoms with van der Waals surface area (Å²) in [4.78, 5) is 18.4. The van der Waals surface area contributed by atoms with Gasteiger partial charge in [0.2, 0.25) is 0 Å². The summed E-state index contributed by atoms with van der Waals surface area (Å²) >= 11 is 0. The van der Waals surface area contributed by atoms with Crippen molar-refractivity contribution in [3.63, 3.8) is 0 Å². The van der Waals surface area contributed by atoms with E-state index in [1.807, 2.05) is 31.2 Å². The first-order valence-corrected chi connectivity index (χ1v) is 6.10. The van der Waals surface area contributed by atoms with Gasteiger partial charge in [0.05, 0.1) is 5.69 Å². The number of benzene rings is 1. The Labute approximate surface area is 111 Å². The quantitative estimate of drug-likeness (QED) is 0.875. The van der Waals surface area contributed by atoms with Crippen LogP contribution in [-0.2, 0) is 6.61 Å². The highest BCUT2D eigenvalue weighted by Crippen LogP contribution is 2.17. The predicted molar refractivity (Wildman–Crippen MR) is 73.0 cm³/mol. The van der Waals surface area contributed by atoms with Crippen molar-refractivity contribution in [2.24, 2.45) is 5.73 Å². The average Bonchev–Trinajstić information content (AvgIpc) is 2.37. The topological polar surface area (TPSA) is 81.0 Å². The van der Waals surface area contributed by atoms with Crippen molar-refractivity contribution in [3.05, 3.63) is 57.8 Å². The lowest BCUT2D eigenvalue weighted by Crippen LogP contribution is -2.18. The second-order valence-corrected chi connectivity index (χ2v) is 4.46. The summed E-state index contributed by atoms with van der Waals surface area (Å²) in [5, 5.41) is 0. The van der Waals surface area contributed by atoms with Crippen molar-refractivity contribution in [3.8, 4) is 5.75 Å². The largest absolute Gasteiger partial charge is 0.485 e. The number of hydrogen-bond acceptors (Lipinski definition) is 4. The number of H-pyrrole nitrogens is 1. The molecule has 19 heavy (non-hydrogen) atoms. The smallest absolute Gasteiger partial charge is 0.251 e. The lowest BCUT2D eigenvalue weighted by Gasteiger charge is -2.10. The number of para-hydroxylation sites is 1. The van der Waals surface area contributed by atoms with Gasteiger partial charge in [0.15, 0.2) is 0 Å². The number of nitrogens with two attached hydrogens (primary N) is 1. The third-order valence-corrected chi connectivity index (χ3v) is 2.74. The molecule has 2 rings (SSSR count). The van der Waals surface area contributed by atoms with Crippen LogP contribution in [0.1, 0.15) is 30.0 Å². The van der Waals surface area contributed by atoms with Crippen LogP contribution in [0.4, 0.5) is 0 Å². The molecule has 0 aliphatic heterocycles. The van der Waals surface area contributed by atoms with Gasteiger partial charge in [-0.3, -0.25) is 4.79 Å². The van der Waals surface area contributed by atoms with Crippen LogP contribution in [0.5, 0.6) is 5.75 Å². The minimum absolute atomic E-state index is 0.209. The van der Waals surface area contributed by atoms with Gasteiger partial charge in [0, 0.05) is 12.1 Å². The maximum absolute atomic E-state index is 11.5. The highest BCUT2D eigenvalue weighted by Gasteiger charge is 2.06. The predicted octanol–water partition coefficient (Wildman–Crippen LogP) is 1.68. The molecule has 1 unspecified atom stereocenters. The molecule has 0 aliphatic carbocycles. The molecule has 3 N–H and O–H groups in total. The van der Waals surface area contributed by atoms with E-state index in [0.29, 0.717) is 11.5 Å². The number of aromatic nitrogens is 2. The fourth-order valence-corrected chi connectivity index (χ4v) is 1.69. The lowest BCUT2D eigenvalue weighted by molar-refractivity contribution is 0.292. The molecule has 1 heterocycles. The van der Waals surface area contributed by atoms with Crippen molar-refractivity contribution in [1.82, 2.24) is 9.97 Å². The van der Waals surface area contributed by atoms with E-state index in [1.54, 1.807) is 6.92 Å². The first-order chi connectivity index (χ1) is 9.06. The van der Waals surface area contributed by atoms with Crippen LogP contribution in [0.2, 0.25) is 0 Å². The van der Waals surface area contributed by atoms with E-state index in [1.165, 1.54) is 6.07 Å². The summed E-state index contributed by atoms with van der Waals surface area (Å²) in [5.74, 6) is 1.25. The van der Waals surface area contributed by atoms with Gasteiger partial charge >= 0.3 is 0 Å². The van der Waals surface area contributed by atoms with Crippen LogP contribution in [0.15, 0.2) is 35.1 Å². The van der Waals surface area contributed by atoms with Crippen LogP contribution in [0.25, 0.3) is 0 Å². The average molecular weight is 259 g/mol. The summed E-state index contributed by atoms with van der Waals surface area (Å²) in [5.41, 5.74) is 7.11. The van der Waals surface area contributed by atoms with Crippen molar-refractivity contribution in [1.29, 1.82) is 0 Å². The molecular weight excluding hydrogens is 242 g/mol. The van der Waals surface area contributed by atoms with Gasteiger partial charge in [-0.1, -0.05) is 18.2 Å². The van der Waals surface area contributed by atoms with E-state index in [2.05, 4.69) is 9.97 Å². The third-order valence-electron chi connectivity index (χ3n) is 2.74. The summed E-state index contributed by atoms with van der Waals surface area (Å²) in [6, 6.07) is 8.81. The van der Waals surface area contributed by atoms with Gasteiger partial charge < -0.3 is 15.5 Å². The third kappa shape index (κ3) is 3.42. The van der Waals surface area contributed by atoms with Crippen molar-refractivity contribution in [2.75, 3.05) is 0 Å². The summed E-state index contributed by atoms with van der Waals surface area (Å²) in [6.07, 6.45) is 0. The van der Waals surface area contributed by atoms with E-state index >= 15 is 0 Å². The zero-order valence-corrected chi connectivity index (χ0v) is 11.0. The van der Waals surface area contributed by atoms with Gasteiger partial charge in [-0.25, -0.2) is 4.98 Å². The van der Waals surface area contributed by atoms with Gasteiger partial charge in [-0.15, -0.1) is 0 Å². The summed E-state index contributed by atoms with van der Waals surface area (Å²) < 4.78 is 5.64. The Bertz CT molecular complexity index is 620. The number of aromatic amines is 1. The molecule has 0 aliphatic rings. The summed E-state index contributed by atoms with van der Waals surface area (Å²) in [6.45, 7) is 3.96. The van der Waals surface area contributed by atoms with E-state index < -0.39 is 0 Å². The maximum Gasteiger partial charge on any atom is 0.251 e. The molecule has 0 fully saturated rings. The maximum atomic E-state index is 11.5. The van der Waals surface area contributed by atoms with Crippen LogP contribution < -0.4 is 16.0 Å². The zero-order valence-electron chi connectivity index (χ0n) is 11.0. The number of aryl methyl sites for hydroxylation is 1. The van der Waals surface area contributed by atoms with Crippen LogP contribution in [0.3, 0.4) is 0 Å². The Balaban J connectivity index is 2.16. The molecule has 2 aromatic rings. The van der Waals surface area contributed by atoms with E-state index in [0.717, 1.165) is 11.3 Å². The molecule has 5 heteroatoms. The number of nitrogens with zero attached hydrogens (tertiary/aromatic N) is 1. The molecule has 1 aromatic heterocycles. The van der Waals surface area contributed by atoms with Crippen LogP contribution in [-0.4, -0.2) is 9.97 Å². The fourth-order valence-electron chi connectivity index (χ4n) is 1.69.